The normalized spacial score (nSPS) is 16.3. The number of carbonyl (C=O) groups excluding carboxylic acids is 1. The Morgan fingerprint density at radius 3 is 2.89 bits per heavy atom. The van der Waals surface area contributed by atoms with Crippen molar-refractivity contribution in [1.82, 2.24) is 25.4 Å². The summed E-state index contributed by atoms with van der Waals surface area (Å²) in [5.41, 5.74) is 0. The maximum absolute atomic E-state index is 11.1. The number of hydrogen-bond donors (Lipinski definition) is 2. The number of ether oxygens (including phenoxy) is 2. The van der Waals surface area contributed by atoms with E-state index >= 15 is 0 Å². The molecule has 1 atom stereocenters. The van der Waals surface area contributed by atoms with E-state index in [0.717, 1.165) is 56.4 Å². The minimum atomic E-state index is -0.169. The molecule has 0 saturated heterocycles. The number of rotatable bonds is 9. The van der Waals surface area contributed by atoms with Crippen LogP contribution in [0.5, 0.6) is 0 Å². The van der Waals surface area contributed by atoms with Gasteiger partial charge in [0.2, 0.25) is 0 Å². The third-order valence-electron chi connectivity index (χ3n) is 4.15. The van der Waals surface area contributed by atoms with Crippen LogP contribution in [-0.2, 0) is 33.8 Å². The maximum atomic E-state index is 11.1. The second-order valence-electron chi connectivity index (χ2n) is 6.23. The standard InChI is InChI=1S/C17H30N6O3.HI/c1-4-18-17(19-10-6-5-7-16(24)26-3)20-13-8-9-15-21-14(12-25-2)22-23(15)11-13;/h13H,4-12H2,1-3H3,(H2,18,19,20);1H. The summed E-state index contributed by atoms with van der Waals surface area (Å²) in [7, 11) is 3.06. The molecule has 0 aliphatic carbocycles. The number of aliphatic imine (C=N–C) groups is 1. The number of methoxy groups -OCH3 is 2. The van der Waals surface area contributed by atoms with Crippen molar-refractivity contribution in [2.24, 2.45) is 4.99 Å². The topological polar surface area (TPSA) is 103 Å². The van der Waals surface area contributed by atoms with Crippen molar-refractivity contribution in [3.05, 3.63) is 11.6 Å². The zero-order valence-corrected chi connectivity index (χ0v) is 18.7. The average Bonchev–Trinajstić information content (AvgIpc) is 3.03. The van der Waals surface area contributed by atoms with Crippen LogP contribution in [0.2, 0.25) is 0 Å². The molecule has 1 aliphatic heterocycles. The van der Waals surface area contributed by atoms with Crippen molar-refractivity contribution in [2.75, 3.05) is 27.3 Å². The molecule has 2 heterocycles. The predicted molar refractivity (Wildman–Crippen MR) is 113 cm³/mol. The number of hydrogen-bond acceptors (Lipinski definition) is 6. The molecule has 0 aromatic carbocycles. The molecule has 2 rings (SSSR count). The number of nitrogens with one attached hydrogen (secondary N) is 2. The van der Waals surface area contributed by atoms with Crippen LogP contribution in [0.1, 0.15) is 44.3 Å². The largest absolute Gasteiger partial charge is 0.469 e. The first kappa shape index (κ1) is 23.6. The zero-order chi connectivity index (χ0) is 18.8. The first-order valence-electron chi connectivity index (χ1n) is 9.19. The Bertz CT molecular complexity index is 607. The van der Waals surface area contributed by atoms with Crippen LogP contribution in [0.3, 0.4) is 0 Å². The molecule has 154 valence electrons. The Morgan fingerprint density at radius 1 is 1.37 bits per heavy atom. The molecule has 0 radical (unpaired) electrons. The molecule has 10 heteroatoms. The van der Waals surface area contributed by atoms with Gasteiger partial charge in [0.1, 0.15) is 12.4 Å². The molecule has 1 unspecified atom stereocenters. The van der Waals surface area contributed by atoms with Crippen molar-refractivity contribution in [1.29, 1.82) is 0 Å². The van der Waals surface area contributed by atoms with Crippen LogP contribution in [-0.4, -0.2) is 60.0 Å². The lowest BCUT2D eigenvalue weighted by Gasteiger charge is -2.25. The summed E-state index contributed by atoms with van der Waals surface area (Å²) in [5.74, 6) is 2.38. The number of nitrogens with zero attached hydrogens (tertiary/aromatic N) is 4. The van der Waals surface area contributed by atoms with E-state index in [9.17, 15) is 4.79 Å². The van der Waals surface area contributed by atoms with Gasteiger partial charge < -0.3 is 20.1 Å². The second kappa shape index (κ2) is 12.9. The number of carbonyl (C=O) groups is 1. The lowest BCUT2D eigenvalue weighted by molar-refractivity contribution is -0.140. The van der Waals surface area contributed by atoms with Gasteiger partial charge in [-0.15, -0.1) is 24.0 Å². The van der Waals surface area contributed by atoms with Crippen LogP contribution in [0, 0.1) is 0 Å². The minimum Gasteiger partial charge on any atom is -0.469 e. The fraction of sp³-hybridized carbons (Fsp3) is 0.765. The van der Waals surface area contributed by atoms with Crippen LogP contribution in [0.15, 0.2) is 4.99 Å². The number of esters is 1. The Morgan fingerprint density at radius 2 is 2.19 bits per heavy atom. The zero-order valence-electron chi connectivity index (χ0n) is 16.4. The SMILES string of the molecule is CCNC(=NCCCCC(=O)OC)NC1CCc2nc(COC)nn2C1.I. The Balaban J connectivity index is 0.00000364. The van der Waals surface area contributed by atoms with E-state index in [1.165, 1.54) is 7.11 Å². The number of aryl methyl sites for hydroxylation is 1. The summed E-state index contributed by atoms with van der Waals surface area (Å²) in [4.78, 5) is 20.2. The molecule has 0 spiro atoms. The molecule has 1 aliphatic rings. The number of fused-ring (bicyclic) bond motifs is 1. The van der Waals surface area contributed by atoms with Gasteiger partial charge in [-0.05, 0) is 26.2 Å². The molecule has 9 nitrogen and oxygen atoms in total. The van der Waals surface area contributed by atoms with Crippen LogP contribution < -0.4 is 10.6 Å². The Kier molecular flexibility index (Phi) is 11.3. The van der Waals surface area contributed by atoms with Gasteiger partial charge in [0.15, 0.2) is 11.8 Å². The molecule has 2 N–H and O–H groups in total. The fourth-order valence-corrected chi connectivity index (χ4v) is 2.86. The van der Waals surface area contributed by atoms with Crippen LogP contribution >= 0.6 is 24.0 Å². The summed E-state index contributed by atoms with van der Waals surface area (Å²) in [6.45, 7) is 4.72. The molecule has 0 bridgehead atoms. The van der Waals surface area contributed by atoms with Crippen LogP contribution in [0.4, 0.5) is 0 Å². The highest BCUT2D eigenvalue weighted by atomic mass is 127. The third kappa shape index (κ3) is 7.99. The number of halogens is 1. The van der Waals surface area contributed by atoms with E-state index in [1.807, 2.05) is 11.6 Å². The van der Waals surface area contributed by atoms with Gasteiger partial charge in [-0.1, -0.05) is 0 Å². The quantitative estimate of drug-likeness (QED) is 0.175. The van der Waals surface area contributed by atoms with Crippen molar-refractivity contribution in [3.8, 4) is 0 Å². The lowest BCUT2D eigenvalue weighted by Crippen LogP contribution is -2.47. The molecule has 0 amide bonds. The Hall–Kier alpha value is -1.43. The monoisotopic (exact) mass is 494 g/mol. The highest BCUT2D eigenvalue weighted by Gasteiger charge is 2.22. The van der Waals surface area contributed by atoms with Crippen LogP contribution in [0.25, 0.3) is 0 Å². The predicted octanol–water partition coefficient (Wildman–Crippen LogP) is 1.26. The minimum absolute atomic E-state index is 0. The van der Waals surface area contributed by atoms with Crippen molar-refractivity contribution in [2.45, 2.75) is 58.2 Å². The Labute approximate surface area is 177 Å². The van der Waals surface area contributed by atoms with Crippen molar-refractivity contribution < 1.29 is 14.3 Å². The molecule has 27 heavy (non-hydrogen) atoms. The van der Waals surface area contributed by atoms with E-state index in [0.29, 0.717) is 19.6 Å². The van der Waals surface area contributed by atoms with Gasteiger partial charge in [0.05, 0.1) is 13.7 Å². The molecule has 1 aromatic rings. The van der Waals surface area contributed by atoms with Gasteiger partial charge in [0, 0.05) is 39.1 Å². The average molecular weight is 494 g/mol. The van der Waals surface area contributed by atoms with E-state index < -0.39 is 0 Å². The second-order valence-corrected chi connectivity index (χ2v) is 6.23. The van der Waals surface area contributed by atoms with E-state index in [4.69, 9.17) is 4.74 Å². The summed E-state index contributed by atoms with van der Waals surface area (Å²) in [6.07, 6.45) is 3.94. The highest BCUT2D eigenvalue weighted by molar-refractivity contribution is 14.0. The molecular formula is C17H31IN6O3. The van der Waals surface area contributed by atoms with Crippen molar-refractivity contribution >= 4 is 35.9 Å². The molecular weight excluding hydrogens is 463 g/mol. The molecule has 0 saturated carbocycles. The van der Waals surface area contributed by atoms with Gasteiger partial charge in [-0.25, -0.2) is 9.67 Å². The first-order chi connectivity index (χ1) is 12.7. The van der Waals surface area contributed by atoms with Gasteiger partial charge in [-0.3, -0.25) is 9.79 Å². The summed E-state index contributed by atoms with van der Waals surface area (Å²) < 4.78 is 11.7. The van der Waals surface area contributed by atoms with Gasteiger partial charge in [-0.2, -0.15) is 5.10 Å². The first-order valence-corrected chi connectivity index (χ1v) is 9.19. The smallest absolute Gasteiger partial charge is 0.305 e. The molecule has 1 aromatic heterocycles. The number of aromatic nitrogens is 3. The fourth-order valence-electron chi connectivity index (χ4n) is 2.86. The summed E-state index contributed by atoms with van der Waals surface area (Å²) in [5, 5.41) is 11.2. The number of guanidine groups is 1. The number of unbranched alkanes of at least 4 members (excludes halogenated alkanes) is 1. The highest BCUT2D eigenvalue weighted by Crippen LogP contribution is 2.13. The van der Waals surface area contributed by atoms with Gasteiger partial charge >= 0.3 is 5.97 Å². The van der Waals surface area contributed by atoms with Gasteiger partial charge in [0.25, 0.3) is 0 Å². The maximum Gasteiger partial charge on any atom is 0.305 e. The van der Waals surface area contributed by atoms with Crippen molar-refractivity contribution in [3.63, 3.8) is 0 Å². The third-order valence-corrected chi connectivity index (χ3v) is 4.15. The summed E-state index contributed by atoms with van der Waals surface area (Å²) in [6, 6.07) is 0.257. The van der Waals surface area contributed by atoms with E-state index in [2.05, 4.69) is 30.4 Å². The van der Waals surface area contributed by atoms with E-state index in [1.54, 1.807) is 7.11 Å². The van der Waals surface area contributed by atoms with E-state index in [-0.39, 0.29) is 36.0 Å². The summed E-state index contributed by atoms with van der Waals surface area (Å²) >= 11 is 0. The molecule has 0 fully saturated rings. The lowest BCUT2D eigenvalue weighted by atomic mass is 10.1.